The SMILES string of the molecule is [N-]=[N+]=NC[C@@H]1O[C@H](O[C@H]2[C@@H](O)[C@H](O[C@H]3[C@H](O[C@H]4O[C@H](CN(Cc5ccccc5)C(=O)OCc5ccccc5)CC[C@H]4O)C(N=[N+]=[N-])CC(N=[N+]=[N-])[C@@H]3O)O[C@@H]2CCO)C(N=[N+]=[N-])[C@@H](O)[C@@H]1O. The maximum absolute atomic E-state index is 13.6. The van der Waals surface area contributed by atoms with Crippen molar-refractivity contribution in [3.05, 3.63) is 114 Å². The Morgan fingerprint density at radius 2 is 1.32 bits per heavy atom. The van der Waals surface area contributed by atoms with Crippen molar-refractivity contribution in [2.75, 3.05) is 19.7 Å². The van der Waals surface area contributed by atoms with Gasteiger partial charge < -0.3 is 68.7 Å². The molecule has 4 aliphatic rings. The normalized spacial score (nSPS) is 35.2. The second-order valence-corrected chi connectivity index (χ2v) is 15.9. The lowest BCUT2D eigenvalue weighted by atomic mass is 9.84. The standard InChI is InChI=1S/C39H51N13O14/c40-48-44-16-27-30(56)31(57)28(47-51-43)37(63-27)65-34-26(13-14-53)62-38(32(34)58)66-35-29(55)23(45-49-41)15-24(46-50-42)33(35)64-36-25(54)12-11-22(61-36)18-52(17-20-7-3-1-4-8-20)39(59)60-19-21-9-5-2-6-10-21/h1-10,22-38,53-58H,11-19H2/t22-,23?,24?,25+,26+,27-,28?,29-,30+,31+,32+,33+,34+,35+,36+,37+,38-/m0/s1. The molecular formula is C39H51N13O14. The van der Waals surface area contributed by atoms with Crippen LogP contribution in [0.5, 0.6) is 0 Å². The predicted molar refractivity (Wildman–Crippen MR) is 222 cm³/mol. The van der Waals surface area contributed by atoms with Crippen molar-refractivity contribution in [1.82, 2.24) is 4.90 Å². The Morgan fingerprint density at radius 1 is 0.682 bits per heavy atom. The summed E-state index contributed by atoms with van der Waals surface area (Å²) in [5.74, 6) is 0. The van der Waals surface area contributed by atoms with Gasteiger partial charge >= 0.3 is 6.09 Å². The van der Waals surface area contributed by atoms with Gasteiger partial charge in [0.05, 0.1) is 61.8 Å². The molecule has 17 atom stereocenters. The smallest absolute Gasteiger partial charge is 0.410 e. The molecule has 3 unspecified atom stereocenters. The fraction of sp³-hybridized carbons (Fsp3) is 0.667. The first-order chi connectivity index (χ1) is 32.0. The zero-order chi connectivity index (χ0) is 47.2. The molecule has 0 aromatic heterocycles. The van der Waals surface area contributed by atoms with Gasteiger partial charge in [0, 0.05) is 32.8 Å². The maximum Gasteiger partial charge on any atom is 0.410 e. The molecule has 6 N–H and O–H groups in total. The number of carbonyl (C=O) groups is 1. The zero-order valence-electron chi connectivity index (χ0n) is 35.2. The number of benzene rings is 2. The molecule has 6 rings (SSSR count). The van der Waals surface area contributed by atoms with Gasteiger partial charge in [0.15, 0.2) is 18.9 Å². The van der Waals surface area contributed by atoms with Crippen LogP contribution in [0.2, 0.25) is 0 Å². The molecule has 27 heteroatoms. The highest BCUT2D eigenvalue weighted by molar-refractivity contribution is 5.67. The Kier molecular flexibility index (Phi) is 18.4. The van der Waals surface area contributed by atoms with Crippen molar-refractivity contribution in [3.63, 3.8) is 0 Å². The average Bonchev–Trinajstić information content (AvgIpc) is 3.60. The van der Waals surface area contributed by atoms with Crippen LogP contribution in [0.1, 0.15) is 36.8 Å². The fourth-order valence-electron chi connectivity index (χ4n) is 8.29. The number of carbonyl (C=O) groups excluding carboxylic acids is 1. The Morgan fingerprint density at radius 3 is 1.98 bits per heavy atom. The summed E-state index contributed by atoms with van der Waals surface area (Å²) >= 11 is 0. The minimum atomic E-state index is -1.82. The van der Waals surface area contributed by atoms with Gasteiger partial charge in [-0.05, 0) is 58.9 Å². The topological polar surface area (TPSA) is 401 Å². The van der Waals surface area contributed by atoms with E-state index >= 15 is 0 Å². The van der Waals surface area contributed by atoms with E-state index in [0.29, 0.717) is 0 Å². The molecule has 66 heavy (non-hydrogen) atoms. The van der Waals surface area contributed by atoms with Gasteiger partial charge in [-0.1, -0.05) is 81.1 Å². The molecule has 3 aliphatic heterocycles. The van der Waals surface area contributed by atoms with Crippen LogP contribution in [-0.2, 0) is 46.3 Å². The summed E-state index contributed by atoms with van der Waals surface area (Å²) < 4.78 is 42.2. The Hall–Kier alpha value is -5.53. The van der Waals surface area contributed by atoms with Crippen LogP contribution in [0.3, 0.4) is 0 Å². The van der Waals surface area contributed by atoms with Crippen LogP contribution in [0.15, 0.2) is 81.1 Å². The van der Waals surface area contributed by atoms with Crippen LogP contribution in [-0.4, -0.2) is 165 Å². The van der Waals surface area contributed by atoms with Gasteiger partial charge in [-0.2, -0.15) is 0 Å². The van der Waals surface area contributed by atoms with E-state index in [4.69, 9.17) is 38.7 Å². The average molecular weight is 926 g/mol. The summed E-state index contributed by atoms with van der Waals surface area (Å²) in [4.78, 5) is 26.1. The van der Waals surface area contributed by atoms with Gasteiger partial charge in [0.1, 0.15) is 43.2 Å². The molecule has 2 aromatic rings. The first kappa shape index (κ1) is 49.9. The maximum atomic E-state index is 13.6. The van der Waals surface area contributed by atoms with Gasteiger partial charge in [0.25, 0.3) is 0 Å². The molecule has 356 valence electrons. The molecule has 4 fully saturated rings. The minimum absolute atomic E-state index is 0.00815. The van der Waals surface area contributed by atoms with E-state index in [1.54, 1.807) is 0 Å². The van der Waals surface area contributed by atoms with Crippen molar-refractivity contribution >= 4 is 6.09 Å². The molecule has 1 aliphatic carbocycles. The molecule has 27 nitrogen and oxygen atoms in total. The second-order valence-electron chi connectivity index (χ2n) is 15.9. The van der Waals surface area contributed by atoms with Crippen LogP contribution in [0, 0.1) is 0 Å². The molecule has 1 amide bonds. The van der Waals surface area contributed by atoms with Crippen molar-refractivity contribution < 1.29 is 68.6 Å². The molecule has 0 bridgehead atoms. The lowest BCUT2D eigenvalue weighted by molar-refractivity contribution is -0.303. The number of rotatable bonds is 19. The second kappa shape index (κ2) is 24.3. The van der Waals surface area contributed by atoms with Gasteiger partial charge in [0.2, 0.25) is 0 Å². The monoisotopic (exact) mass is 925 g/mol. The number of amides is 1. The number of aliphatic hydroxyl groups excluding tert-OH is 6. The first-order valence-electron chi connectivity index (χ1n) is 21.1. The summed E-state index contributed by atoms with van der Waals surface area (Å²) in [7, 11) is 0. The van der Waals surface area contributed by atoms with E-state index < -0.39 is 123 Å². The first-order valence-corrected chi connectivity index (χ1v) is 21.1. The number of hydrogen-bond acceptors (Lipinski definition) is 18. The summed E-state index contributed by atoms with van der Waals surface area (Å²) in [6.45, 7) is -0.841. The summed E-state index contributed by atoms with van der Waals surface area (Å²) in [6.07, 6.45) is -21.9. The number of hydrogen-bond donors (Lipinski definition) is 6. The van der Waals surface area contributed by atoms with Gasteiger partial charge in [-0.15, -0.1) is 0 Å². The predicted octanol–water partition coefficient (Wildman–Crippen LogP) is 2.87. The van der Waals surface area contributed by atoms with Crippen LogP contribution in [0.4, 0.5) is 4.79 Å². The molecule has 0 radical (unpaired) electrons. The molecular weight excluding hydrogens is 875 g/mol. The van der Waals surface area contributed by atoms with E-state index in [2.05, 4.69) is 40.1 Å². The van der Waals surface area contributed by atoms with Crippen molar-refractivity contribution in [3.8, 4) is 0 Å². The third-order valence-electron chi connectivity index (χ3n) is 11.6. The summed E-state index contributed by atoms with van der Waals surface area (Å²) in [5.41, 5.74) is 38.6. The van der Waals surface area contributed by atoms with E-state index in [-0.39, 0.29) is 45.4 Å². The van der Waals surface area contributed by atoms with Gasteiger partial charge in [-0.25, -0.2) is 4.79 Å². The van der Waals surface area contributed by atoms with Crippen LogP contribution >= 0.6 is 0 Å². The zero-order valence-corrected chi connectivity index (χ0v) is 35.2. The lowest BCUT2D eigenvalue weighted by Gasteiger charge is -2.45. The number of nitrogens with zero attached hydrogens (tertiary/aromatic N) is 13. The molecule has 1 saturated carbocycles. The Bertz CT molecular complexity index is 2080. The fourth-order valence-corrected chi connectivity index (χ4v) is 8.29. The number of aliphatic hydroxyl groups is 6. The Labute approximate surface area is 375 Å². The van der Waals surface area contributed by atoms with Crippen molar-refractivity contribution in [1.29, 1.82) is 0 Å². The highest BCUT2D eigenvalue weighted by atomic mass is 16.8. The molecule has 3 heterocycles. The summed E-state index contributed by atoms with van der Waals surface area (Å²) in [6, 6.07) is 14.2. The van der Waals surface area contributed by atoms with E-state index in [0.717, 1.165) is 11.1 Å². The van der Waals surface area contributed by atoms with Crippen LogP contribution in [0.25, 0.3) is 41.8 Å². The largest absolute Gasteiger partial charge is 0.445 e. The molecule has 3 saturated heterocycles. The molecule has 2 aromatic carbocycles. The lowest BCUT2D eigenvalue weighted by Crippen LogP contribution is -2.61. The third kappa shape index (κ3) is 12.5. The van der Waals surface area contributed by atoms with E-state index in [9.17, 15) is 52.0 Å². The number of azide groups is 4. The number of ether oxygens (including phenoxy) is 7. The minimum Gasteiger partial charge on any atom is -0.445 e. The van der Waals surface area contributed by atoms with Crippen LogP contribution < -0.4 is 0 Å². The van der Waals surface area contributed by atoms with Crippen molar-refractivity contribution in [2.45, 2.75) is 143 Å². The highest BCUT2D eigenvalue weighted by Gasteiger charge is 2.54. The quantitative estimate of drug-likeness (QED) is 0.0671. The highest BCUT2D eigenvalue weighted by Crippen LogP contribution is 2.38. The Balaban J connectivity index is 1.22. The third-order valence-corrected chi connectivity index (χ3v) is 11.6. The molecule has 0 spiro atoms. The van der Waals surface area contributed by atoms with Gasteiger partial charge in [-0.3, -0.25) is 0 Å². The van der Waals surface area contributed by atoms with E-state index in [1.807, 2.05) is 60.7 Å². The van der Waals surface area contributed by atoms with E-state index in [1.165, 1.54) is 4.90 Å². The summed E-state index contributed by atoms with van der Waals surface area (Å²) in [5, 5.41) is 80.3. The van der Waals surface area contributed by atoms with Crippen molar-refractivity contribution in [2.24, 2.45) is 20.5 Å².